The van der Waals surface area contributed by atoms with Crippen LogP contribution in [0.5, 0.6) is 11.5 Å². The summed E-state index contributed by atoms with van der Waals surface area (Å²) < 4.78 is 47.1. The molecule has 154 valence electrons. The molecule has 1 aliphatic heterocycles. The molecular formula is C20H24ClF3N2O2. The summed E-state index contributed by atoms with van der Waals surface area (Å²) in [6, 6.07) is 15.2. The Morgan fingerprint density at radius 2 is 1.79 bits per heavy atom. The van der Waals surface area contributed by atoms with Crippen LogP contribution >= 0.6 is 12.4 Å². The lowest BCUT2D eigenvalue weighted by atomic mass is 9.95. The van der Waals surface area contributed by atoms with Crippen molar-refractivity contribution < 1.29 is 22.6 Å². The normalized spacial score (nSPS) is 19.9. The summed E-state index contributed by atoms with van der Waals surface area (Å²) in [7, 11) is 1.41. The van der Waals surface area contributed by atoms with Gasteiger partial charge in [-0.2, -0.15) is 13.2 Å². The molecule has 2 atom stereocenters. The van der Waals surface area contributed by atoms with Crippen LogP contribution in [0.4, 0.5) is 13.2 Å². The minimum atomic E-state index is -4.39. The summed E-state index contributed by atoms with van der Waals surface area (Å²) in [5, 5.41) is 0. The summed E-state index contributed by atoms with van der Waals surface area (Å²) in [4.78, 5) is 2.24. The number of rotatable bonds is 6. The van der Waals surface area contributed by atoms with Crippen molar-refractivity contribution in [3.05, 3.63) is 59.7 Å². The average molecular weight is 417 g/mol. The zero-order valence-electron chi connectivity index (χ0n) is 15.5. The van der Waals surface area contributed by atoms with Crippen molar-refractivity contribution >= 4 is 12.4 Å². The number of ether oxygens (including phenoxy) is 2. The van der Waals surface area contributed by atoms with Crippen molar-refractivity contribution in [2.24, 2.45) is 5.73 Å². The first-order chi connectivity index (χ1) is 12.9. The molecule has 4 nitrogen and oxygen atoms in total. The van der Waals surface area contributed by atoms with Crippen LogP contribution in [0.15, 0.2) is 48.5 Å². The van der Waals surface area contributed by atoms with E-state index in [-0.39, 0.29) is 30.1 Å². The maximum Gasteiger partial charge on any atom is 0.422 e. The first-order valence-electron chi connectivity index (χ1n) is 8.75. The van der Waals surface area contributed by atoms with Crippen LogP contribution in [-0.2, 0) is 6.54 Å². The molecule has 0 unspecified atom stereocenters. The molecule has 0 aliphatic carbocycles. The molecule has 0 radical (unpaired) electrons. The first kappa shape index (κ1) is 22.3. The SMILES string of the molecule is COc1cc(CN2C[C@@H](N)[C@H](c3ccccc3)C2)ccc1OCC(F)(F)F.Cl. The molecule has 0 aromatic heterocycles. The van der Waals surface area contributed by atoms with Gasteiger partial charge in [0.15, 0.2) is 18.1 Å². The third-order valence-corrected chi connectivity index (χ3v) is 4.69. The summed E-state index contributed by atoms with van der Waals surface area (Å²) >= 11 is 0. The van der Waals surface area contributed by atoms with Crippen LogP contribution in [0.2, 0.25) is 0 Å². The lowest BCUT2D eigenvalue weighted by Crippen LogP contribution is -2.28. The highest BCUT2D eigenvalue weighted by Crippen LogP contribution is 2.32. The van der Waals surface area contributed by atoms with Gasteiger partial charge in [0.1, 0.15) is 0 Å². The van der Waals surface area contributed by atoms with Gasteiger partial charge in [-0.05, 0) is 23.3 Å². The fourth-order valence-electron chi connectivity index (χ4n) is 3.44. The fourth-order valence-corrected chi connectivity index (χ4v) is 3.44. The molecule has 8 heteroatoms. The number of hydrogen-bond donors (Lipinski definition) is 1. The van der Waals surface area contributed by atoms with Gasteiger partial charge < -0.3 is 15.2 Å². The van der Waals surface area contributed by atoms with Crippen molar-refractivity contribution in [3.8, 4) is 11.5 Å². The van der Waals surface area contributed by atoms with Crippen LogP contribution in [0.3, 0.4) is 0 Å². The quantitative estimate of drug-likeness (QED) is 0.773. The first-order valence-corrected chi connectivity index (χ1v) is 8.75. The van der Waals surface area contributed by atoms with Gasteiger partial charge in [-0.15, -0.1) is 12.4 Å². The summed E-state index contributed by atoms with van der Waals surface area (Å²) in [6.07, 6.45) is -4.39. The van der Waals surface area contributed by atoms with Gasteiger partial charge in [0, 0.05) is 31.6 Å². The van der Waals surface area contributed by atoms with Crippen LogP contribution in [-0.4, -0.2) is 43.9 Å². The van der Waals surface area contributed by atoms with E-state index in [0.717, 1.165) is 18.7 Å². The van der Waals surface area contributed by atoms with Crippen LogP contribution in [0.25, 0.3) is 0 Å². The van der Waals surface area contributed by atoms with Crippen molar-refractivity contribution in [2.45, 2.75) is 24.7 Å². The van der Waals surface area contributed by atoms with Gasteiger partial charge in [-0.3, -0.25) is 4.90 Å². The minimum absolute atomic E-state index is 0. The number of hydrogen-bond acceptors (Lipinski definition) is 4. The second-order valence-electron chi connectivity index (χ2n) is 6.76. The van der Waals surface area contributed by atoms with E-state index in [0.29, 0.717) is 12.3 Å². The highest BCUT2D eigenvalue weighted by atomic mass is 35.5. The van der Waals surface area contributed by atoms with E-state index < -0.39 is 12.8 Å². The molecular weight excluding hydrogens is 393 g/mol. The number of methoxy groups -OCH3 is 1. The standard InChI is InChI=1S/C20H23F3N2O2.ClH/c1-26-19-9-14(7-8-18(19)27-13-20(21,22)23)10-25-11-16(17(24)12-25)15-5-3-2-4-6-15;/h2-9,16-17H,10-13,24H2,1H3;1H/t16-,17+;/m0./s1. The topological polar surface area (TPSA) is 47.7 Å². The van der Waals surface area contributed by atoms with Crippen molar-refractivity contribution in [2.75, 3.05) is 26.8 Å². The number of halogens is 4. The smallest absolute Gasteiger partial charge is 0.422 e. The molecule has 0 saturated carbocycles. The molecule has 1 aliphatic rings. The van der Waals surface area contributed by atoms with Crippen LogP contribution in [0.1, 0.15) is 17.0 Å². The van der Waals surface area contributed by atoms with Gasteiger partial charge in [0.05, 0.1) is 7.11 Å². The van der Waals surface area contributed by atoms with E-state index in [9.17, 15) is 13.2 Å². The minimum Gasteiger partial charge on any atom is -0.493 e. The maximum atomic E-state index is 12.4. The molecule has 0 amide bonds. The predicted molar refractivity (Wildman–Crippen MR) is 104 cm³/mol. The lowest BCUT2D eigenvalue weighted by Gasteiger charge is -2.18. The van der Waals surface area contributed by atoms with Crippen LogP contribution in [0, 0.1) is 0 Å². The molecule has 1 saturated heterocycles. The Balaban J connectivity index is 0.00000280. The molecule has 0 bridgehead atoms. The molecule has 3 rings (SSSR count). The Morgan fingerprint density at radius 3 is 2.43 bits per heavy atom. The Hall–Kier alpha value is -1.96. The molecule has 2 aromatic rings. The molecule has 1 heterocycles. The number of alkyl halides is 3. The van der Waals surface area contributed by atoms with E-state index in [1.165, 1.54) is 18.7 Å². The van der Waals surface area contributed by atoms with E-state index in [2.05, 4.69) is 17.0 Å². The highest BCUT2D eigenvalue weighted by molar-refractivity contribution is 5.85. The van der Waals surface area contributed by atoms with Gasteiger partial charge in [-0.25, -0.2) is 0 Å². The molecule has 1 fully saturated rings. The van der Waals surface area contributed by atoms with Crippen molar-refractivity contribution in [1.82, 2.24) is 4.90 Å². The summed E-state index contributed by atoms with van der Waals surface area (Å²) in [5.41, 5.74) is 8.48. The predicted octanol–water partition coefficient (Wildman–Crippen LogP) is 3.98. The van der Waals surface area contributed by atoms with E-state index >= 15 is 0 Å². The molecule has 28 heavy (non-hydrogen) atoms. The van der Waals surface area contributed by atoms with Gasteiger partial charge in [0.25, 0.3) is 0 Å². The Morgan fingerprint density at radius 1 is 1.07 bits per heavy atom. The van der Waals surface area contributed by atoms with Gasteiger partial charge in [0.2, 0.25) is 0 Å². The number of benzene rings is 2. The van der Waals surface area contributed by atoms with Crippen molar-refractivity contribution in [3.63, 3.8) is 0 Å². The van der Waals surface area contributed by atoms with Gasteiger partial charge in [-0.1, -0.05) is 36.4 Å². The maximum absolute atomic E-state index is 12.4. The largest absolute Gasteiger partial charge is 0.493 e. The second-order valence-corrected chi connectivity index (χ2v) is 6.76. The zero-order chi connectivity index (χ0) is 19.4. The third kappa shape index (κ3) is 5.77. The monoisotopic (exact) mass is 416 g/mol. The number of likely N-dealkylation sites (tertiary alicyclic amines) is 1. The molecule has 2 aromatic carbocycles. The molecule has 2 N–H and O–H groups in total. The van der Waals surface area contributed by atoms with Crippen molar-refractivity contribution in [1.29, 1.82) is 0 Å². The van der Waals surface area contributed by atoms with E-state index in [4.69, 9.17) is 15.2 Å². The Bertz CT molecular complexity index is 759. The van der Waals surface area contributed by atoms with Crippen LogP contribution < -0.4 is 15.2 Å². The second kappa shape index (κ2) is 9.49. The Labute approximate surface area is 168 Å². The van der Waals surface area contributed by atoms with Gasteiger partial charge >= 0.3 is 6.18 Å². The number of nitrogens with zero attached hydrogens (tertiary/aromatic N) is 1. The summed E-state index contributed by atoms with van der Waals surface area (Å²) in [6.45, 7) is 0.892. The number of nitrogens with two attached hydrogens (primary N) is 1. The molecule has 0 spiro atoms. The third-order valence-electron chi connectivity index (χ3n) is 4.69. The average Bonchev–Trinajstić information content (AvgIpc) is 3.00. The summed E-state index contributed by atoms with van der Waals surface area (Å²) in [5.74, 6) is 0.640. The lowest BCUT2D eigenvalue weighted by molar-refractivity contribution is -0.153. The van der Waals surface area contributed by atoms with E-state index in [1.807, 2.05) is 18.2 Å². The Kier molecular flexibility index (Phi) is 7.57. The zero-order valence-corrected chi connectivity index (χ0v) is 16.3. The van der Waals surface area contributed by atoms with E-state index in [1.54, 1.807) is 12.1 Å². The highest BCUT2D eigenvalue weighted by Gasteiger charge is 2.31. The fraction of sp³-hybridized carbons (Fsp3) is 0.400.